The molecule has 0 aromatic heterocycles. The summed E-state index contributed by atoms with van der Waals surface area (Å²) in [5, 5.41) is -3.05. The van der Waals surface area contributed by atoms with Crippen LogP contribution in [0.5, 0.6) is 0 Å². The lowest BCUT2D eigenvalue weighted by molar-refractivity contribution is -0.0296. The highest BCUT2D eigenvalue weighted by atomic mass is 35.5. The number of allylic oxidation sites excluding steroid dienone is 4. The Hall–Kier alpha value is -0.440. The van der Waals surface area contributed by atoms with Crippen molar-refractivity contribution in [3.8, 4) is 0 Å². The molecule has 0 fully saturated rings. The minimum Gasteiger partial charge on any atom is -0.214 e. The number of rotatable bonds is 0. The highest BCUT2D eigenvalue weighted by Gasteiger charge is 2.50. The maximum atomic E-state index is 12.5. The van der Waals surface area contributed by atoms with Gasteiger partial charge >= 0.3 is 5.92 Å². The van der Waals surface area contributed by atoms with Crippen LogP contribution < -0.4 is 0 Å². The van der Waals surface area contributed by atoms with E-state index in [1.807, 2.05) is 0 Å². The molecule has 0 bridgehead atoms. The van der Waals surface area contributed by atoms with Crippen LogP contribution in [0.25, 0.3) is 0 Å². The molecule has 4 heteroatoms. The molecule has 0 amide bonds. The van der Waals surface area contributed by atoms with Gasteiger partial charge in [0.25, 0.3) is 5.13 Å². The van der Waals surface area contributed by atoms with E-state index in [9.17, 15) is 13.2 Å². The highest BCUT2D eigenvalue weighted by molar-refractivity contribution is 6.25. The molecular formula is C6H4ClF3. The van der Waals surface area contributed by atoms with Crippen LogP contribution in [-0.4, -0.2) is 11.1 Å². The maximum absolute atomic E-state index is 12.5. The van der Waals surface area contributed by atoms with Crippen molar-refractivity contribution in [3.63, 3.8) is 0 Å². The van der Waals surface area contributed by atoms with Gasteiger partial charge in [0.05, 0.1) is 0 Å². The van der Waals surface area contributed by atoms with E-state index in [4.69, 9.17) is 11.6 Å². The van der Waals surface area contributed by atoms with Crippen LogP contribution in [-0.2, 0) is 0 Å². The first-order chi connectivity index (χ1) is 4.46. The van der Waals surface area contributed by atoms with Crippen molar-refractivity contribution >= 4 is 11.6 Å². The van der Waals surface area contributed by atoms with Crippen molar-refractivity contribution in [2.75, 3.05) is 0 Å². The van der Waals surface area contributed by atoms with Crippen molar-refractivity contribution in [1.29, 1.82) is 0 Å². The SMILES string of the molecule is FC1(F)C=CC=CC1(F)Cl. The van der Waals surface area contributed by atoms with Crippen LogP contribution in [0, 0.1) is 0 Å². The van der Waals surface area contributed by atoms with E-state index < -0.39 is 11.1 Å². The lowest BCUT2D eigenvalue weighted by Gasteiger charge is -2.23. The average Bonchev–Trinajstić information content (AvgIpc) is 1.77. The predicted molar refractivity (Wildman–Crippen MR) is 32.9 cm³/mol. The standard InChI is InChI=1S/C6H4ClF3/c7-5(8)3-1-2-4-6(5,9)10/h1-4H. The number of hydrogen-bond acceptors (Lipinski definition) is 0. The second-order valence-corrected chi connectivity index (χ2v) is 2.51. The molecule has 0 aromatic rings. The molecule has 1 rings (SSSR count). The first kappa shape index (κ1) is 7.66. The Labute approximate surface area is 61.0 Å². The fourth-order valence-electron chi connectivity index (χ4n) is 0.575. The van der Waals surface area contributed by atoms with Gasteiger partial charge in [0.15, 0.2) is 0 Å². The zero-order valence-corrected chi connectivity index (χ0v) is 5.58. The molecular weight excluding hydrogens is 165 g/mol. The average molecular weight is 169 g/mol. The normalized spacial score (nSPS) is 36.4. The molecule has 0 saturated heterocycles. The van der Waals surface area contributed by atoms with Crippen molar-refractivity contribution in [3.05, 3.63) is 24.3 Å². The van der Waals surface area contributed by atoms with Gasteiger partial charge in [0.2, 0.25) is 0 Å². The van der Waals surface area contributed by atoms with Crippen LogP contribution >= 0.6 is 11.6 Å². The van der Waals surface area contributed by atoms with Gasteiger partial charge in [-0.2, -0.15) is 8.78 Å². The summed E-state index contributed by atoms with van der Waals surface area (Å²) in [6.07, 6.45) is 3.25. The number of halogens is 4. The zero-order valence-electron chi connectivity index (χ0n) is 4.82. The lowest BCUT2D eigenvalue weighted by Crippen LogP contribution is -2.36. The Bertz CT molecular complexity index is 171. The third-order valence-electron chi connectivity index (χ3n) is 1.17. The van der Waals surface area contributed by atoms with Gasteiger partial charge in [-0.3, -0.25) is 0 Å². The van der Waals surface area contributed by atoms with E-state index in [1.165, 1.54) is 0 Å². The molecule has 0 N–H and O–H groups in total. The van der Waals surface area contributed by atoms with E-state index >= 15 is 0 Å². The van der Waals surface area contributed by atoms with Crippen LogP contribution in [0.15, 0.2) is 24.3 Å². The molecule has 0 nitrogen and oxygen atoms in total. The van der Waals surface area contributed by atoms with Crippen LogP contribution in [0.4, 0.5) is 13.2 Å². The van der Waals surface area contributed by atoms with Crippen LogP contribution in [0.2, 0.25) is 0 Å². The van der Waals surface area contributed by atoms with Gasteiger partial charge < -0.3 is 0 Å². The summed E-state index contributed by atoms with van der Waals surface area (Å²) in [4.78, 5) is 0. The molecule has 0 radical (unpaired) electrons. The Kier molecular flexibility index (Phi) is 1.55. The summed E-state index contributed by atoms with van der Waals surface area (Å²) < 4.78 is 37.2. The summed E-state index contributed by atoms with van der Waals surface area (Å²) in [5.41, 5.74) is 0. The van der Waals surface area contributed by atoms with Crippen molar-refractivity contribution < 1.29 is 13.2 Å². The summed E-state index contributed by atoms with van der Waals surface area (Å²) >= 11 is 4.81. The highest BCUT2D eigenvalue weighted by Crippen LogP contribution is 2.40. The Morgan fingerprint density at radius 2 is 1.50 bits per heavy atom. The third kappa shape index (κ3) is 1.06. The fourth-order valence-corrected chi connectivity index (χ4v) is 0.711. The minimum absolute atomic E-state index is 0.431. The van der Waals surface area contributed by atoms with Gasteiger partial charge in [-0.1, -0.05) is 23.8 Å². The van der Waals surface area contributed by atoms with Gasteiger partial charge in [-0.05, 0) is 12.2 Å². The van der Waals surface area contributed by atoms with Gasteiger partial charge in [-0.15, -0.1) is 0 Å². The third-order valence-corrected chi connectivity index (χ3v) is 1.54. The summed E-state index contributed by atoms with van der Waals surface area (Å²) in [5.74, 6) is -3.59. The monoisotopic (exact) mass is 168 g/mol. The molecule has 0 aliphatic heterocycles. The molecule has 0 spiro atoms. The predicted octanol–water partition coefficient (Wildman–Crippen LogP) is 2.65. The first-order valence-corrected chi connectivity index (χ1v) is 2.96. The lowest BCUT2D eigenvalue weighted by atomic mass is 10.1. The fraction of sp³-hybridized carbons (Fsp3) is 0.333. The number of alkyl halides is 4. The van der Waals surface area contributed by atoms with Crippen molar-refractivity contribution in [2.24, 2.45) is 0 Å². The molecule has 0 aromatic carbocycles. The maximum Gasteiger partial charge on any atom is 0.317 e. The van der Waals surface area contributed by atoms with E-state index in [2.05, 4.69) is 0 Å². The van der Waals surface area contributed by atoms with Gasteiger partial charge in [0, 0.05) is 0 Å². The molecule has 0 saturated carbocycles. The van der Waals surface area contributed by atoms with Crippen molar-refractivity contribution in [2.45, 2.75) is 11.1 Å². The zero-order chi connectivity index (χ0) is 7.83. The Morgan fingerprint density at radius 1 is 1.00 bits per heavy atom. The summed E-state index contributed by atoms with van der Waals surface area (Å²) in [6.45, 7) is 0. The summed E-state index contributed by atoms with van der Waals surface area (Å²) in [6, 6.07) is 0. The largest absolute Gasteiger partial charge is 0.317 e. The summed E-state index contributed by atoms with van der Waals surface area (Å²) in [7, 11) is 0. The number of hydrogen-bond donors (Lipinski definition) is 0. The van der Waals surface area contributed by atoms with Gasteiger partial charge in [-0.25, -0.2) is 4.39 Å². The first-order valence-electron chi connectivity index (χ1n) is 2.58. The smallest absolute Gasteiger partial charge is 0.214 e. The molecule has 1 aliphatic rings. The topological polar surface area (TPSA) is 0 Å². The van der Waals surface area contributed by atoms with E-state index in [-0.39, 0.29) is 0 Å². The van der Waals surface area contributed by atoms with Crippen LogP contribution in [0.3, 0.4) is 0 Å². The quantitative estimate of drug-likeness (QED) is 0.488. The molecule has 10 heavy (non-hydrogen) atoms. The second-order valence-electron chi connectivity index (χ2n) is 1.96. The van der Waals surface area contributed by atoms with Crippen LogP contribution in [0.1, 0.15) is 0 Å². The second kappa shape index (κ2) is 2.02. The minimum atomic E-state index is -3.59. The molecule has 1 atom stereocenters. The van der Waals surface area contributed by atoms with Crippen molar-refractivity contribution in [1.82, 2.24) is 0 Å². The van der Waals surface area contributed by atoms with E-state index in [1.54, 1.807) is 0 Å². The molecule has 1 unspecified atom stereocenters. The molecule has 56 valence electrons. The van der Waals surface area contributed by atoms with E-state index in [0.717, 1.165) is 12.2 Å². The molecule has 0 heterocycles. The van der Waals surface area contributed by atoms with E-state index in [0.29, 0.717) is 12.2 Å². The Balaban J connectivity index is 2.96. The van der Waals surface area contributed by atoms with Gasteiger partial charge in [0.1, 0.15) is 0 Å². The Morgan fingerprint density at radius 3 is 1.80 bits per heavy atom. The molecule has 1 aliphatic carbocycles.